The predicted octanol–water partition coefficient (Wildman–Crippen LogP) is 0.822. The van der Waals surface area contributed by atoms with Crippen LogP contribution in [0.4, 0.5) is 0 Å². The number of morpholine rings is 1. The van der Waals surface area contributed by atoms with Gasteiger partial charge < -0.3 is 10.1 Å². The summed E-state index contributed by atoms with van der Waals surface area (Å²) in [6, 6.07) is 0.421. The molecule has 0 bridgehead atoms. The Morgan fingerprint density at radius 1 is 1.41 bits per heavy atom. The number of rotatable bonds is 6. The van der Waals surface area contributed by atoms with Gasteiger partial charge in [0.15, 0.2) is 0 Å². The van der Waals surface area contributed by atoms with Crippen molar-refractivity contribution in [3.05, 3.63) is 0 Å². The average molecular weight is 260 g/mol. The molecule has 1 unspecified atom stereocenters. The van der Waals surface area contributed by atoms with Crippen molar-refractivity contribution in [2.75, 3.05) is 44.9 Å². The van der Waals surface area contributed by atoms with Crippen LogP contribution in [0, 0.1) is 5.92 Å². The topological polar surface area (TPSA) is 41.6 Å². The number of hydrogen-bond donors (Lipinski definition) is 1. The number of carbonyl (C=O) groups excluding carboxylic acids is 1. The normalized spacial score (nSPS) is 19.3. The smallest absolute Gasteiger partial charge is 0.230 e. The van der Waals surface area contributed by atoms with Gasteiger partial charge in [0.2, 0.25) is 5.91 Å². The van der Waals surface area contributed by atoms with Crippen molar-refractivity contribution < 1.29 is 9.53 Å². The molecule has 0 aromatic carbocycles. The predicted molar refractivity (Wildman–Crippen MR) is 72.4 cm³/mol. The van der Waals surface area contributed by atoms with Gasteiger partial charge in [0, 0.05) is 25.7 Å². The fourth-order valence-electron chi connectivity index (χ4n) is 2.10. The second-order valence-electron chi connectivity index (χ2n) is 4.70. The molecular formula is C12H24N2O2S. The molecule has 1 amide bonds. The van der Waals surface area contributed by atoms with Crippen LogP contribution in [0.2, 0.25) is 0 Å². The third-order valence-corrected chi connectivity index (χ3v) is 3.62. The molecule has 0 aliphatic carbocycles. The minimum absolute atomic E-state index is 0.136. The Hall–Kier alpha value is -0.260. The summed E-state index contributed by atoms with van der Waals surface area (Å²) < 4.78 is 5.36. The molecule has 1 fully saturated rings. The summed E-state index contributed by atoms with van der Waals surface area (Å²) >= 11 is 1.56. The third-order valence-electron chi connectivity index (χ3n) is 3.07. The van der Waals surface area contributed by atoms with Crippen LogP contribution in [0.15, 0.2) is 0 Å². The van der Waals surface area contributed by atoms with E-state index >= 15 is 0 Å². The summed E-state index contributed by atoms with van der Waals surface area (Å²) in [5, 5.41) is 3.02. The van der Waals surface area contributed by atoms with Crippen molar-refractivity contribution in [2.45, 2.75) is 19.9 Å². The quantitative estimate of drug-likeness (QED) is 0.768. The lowest BCUT2D eigenvalue weighted by molar-refractivity contribution is -0.119. The van der Waals surface area contributed by atoms with Crippen molar-refractivity contribution in [1.82, 2.24) is 10.2 Å². The number of carbonyl (C=O) groups is 1. The van der Waals surface area contributed by atoms with E-state index in [4.69, 9.17) is 4.74 Å². The Morgan fingerprint density at radius 3 is 2.59 bits per heavy atom. The molecule has 0 radical (unpaired) electrons. The zero-order valence-electron chi connectivity index (χ0n) is 11.1. The van der Waals surface area contributed by atoms with Crippen molar-refractivity contribution in [2.24, 2.45) is 5.92 Å². The van der Waals surface area contributed by atoms with Crippen LogP contribution in [0.5, 0.6) is 0 Å². The minimum atomic E-state index is 0.136. The molecule has 1 saturated heterocycles. The first-order valence-electron chi connectivity index (χ1n) is 6.22. The summed E-state index contributed by atoms with van der Waals surface area (Å²) in [6.07, 6.45) is 1.95. The monoisotopic (exact) mass is 260 g/mol. The molecular weight excluding hydrogens is 236 g/mol. The number of hydrogen-bond acceptors (Lipinski definition) is 4. The lowest BCUT2D eigenvalue weighted by Gasteiger charge is -2.36. The first-order chi connectivity index (χ1) is 8.15. The van der Waals surface area contributed by atoms with Crippen LogP contribution in [0.3, 0.4) is 0 Å². The van der Waals surface area contributed by atoms with Crippen LogP contribution in [-0.4, -0.2) is 61.7 Å². The molecule has 0 aromatic heterocycles. The molecule has 5 heteroatoms. The Morgan fingerprint density at radius 2 is 2.06 bits per heavy atom. The largest absolute Gasteiger partial charge is 0.379 e. The van der Waals surface area contributed by atoms with E-state index in [1.165, 1.54) is 0 Å². The highest BCUT2D eigenvalue weighted by Gasteiger charge is 2.23. The van der Waals surface area contributed by atoms with Gasteiger partial charge in [0.1, 0.15) is 0 Å². The Kier molecular flexibility index (Phi) is 6.92. The fourth-order valence-corrected chi connectivity index (χ4v) is 2.46. The Balaban J connectivity index is 2.39. The summed E-state index contributed by atoms with van der Waals surface area (Å²) in [6.45, 7) is 8.73. The van der Waals surface area contributed by atoms with Gasteiger partial charge in [-0.25, -0.2) is 0 Å². The van der Waals surface area contributed by atoms with Crippen molar-refractivity contribution in [3.63, 3.8) is 0 Å². The molecule has 0 spiro atoms. The molecule has 1 aliphatic rings. The second kappa shape index (κ2) is 7.95. The van der Waals surface area contributed by atoms with Gasteiger partial charge in [-0.15, -0.1) is 0 Å². The van der Waals surface area contributed by atoms with E-state index in [9.17, 15) is 4.79 Å². The molecule has 0 saturated carbocycles. The van der Waals surface area contributed by atoms with Crippen molar-refractivity contribution in [3.8, 4) is 0 Å². The van der Waals surface area contributed by atoms with Gasteiger partial charge >= 0.3 is 0 Å². The van der Waals surface area contributed by atoms with Gasteiger partial charge in [-0.1, -0.05) is 13.8 Å². The maximum atomic E-state index is 11.5. The second-order valence-corrected chi connectivity index (χ2v) is 5.56. The zero-order valence-corrected chi connectivity index (χ0v) is 11.9. The number of thioether (sulfide) groups is 1. The molecule has 1 heterocycles. The van der Waals surface area contributed by atoms with E-state index in [0.717, 1.165) is 32.8 Å². The number of amides is 1. The number of nitrogens with one attached hydrogen (secondary N) is 1. The minimum Gasteiger partial charge on any atom is -0.379 e. The van der Waals surface area contributed by atoms with Crippen molar-refractivity contribution >= 4 is 17.7 Å². The highest BCUT2D eigenvalue weighted by molar-refractivity contribution is 7.99. The van der Waals surface area contributed by atoms with Gasteiger partial charge in [-0.05, 0) is 12.2 Å². The average Bonchev–Trinajstić information content (AvgIpc) is 2.30. The third kappa shape index (κ3) is 5.27. The molecule has 1 rings (SSSR count). The fraction of sp³-hybridized carbons (Fsp3) is 0.917. The van der Waals surface area contributed by atoms with Crippen LogP contribution in [0.1, 0.15) is 13.8 Å². The SMILES string of the molecule is CSCC(=O)NCC(C(C)C)N1CCOCC1. The summed E-state index contributed by atoms with van der Waals surface area (Å²) in [7, 11) is 0. The Labute approximate surface area is 108 Å². The van der Waals surface area contributed by atoms with Crippen LogP contribution < -0.4 is 5.32 Å². The highest BCUT2D eigenvalue weighted by atomic mass is 32.2. The lowest BCUT2D eigenvalue weighted by Crippen LogP contribution is -2.51. The first kappa shape index (κ1) is 14.8. The van der Waals surface area contributed by atoms with Crippen LogP contribution in [-0.2, 0) is 9.53 Å². The maximum Gasteiger partial charge on any atom is 0.230 e. The molecule has 4 nitrogen and oxygen atoms in total. The van der Waals surface area contributed by atoms with Gasteiger partial charge in [-0.2, -0.15) is 11.8 Å². The molecule has 100 valence electrons. The zero-order chi connectivity index (χ0) is 12.7. The van der Waals surface area contributed by atoms with E-state index in [1.807, 2.05) is 6.26 Å². The van der Waals surface area contributed by atoms with Gasteiger partial charge in [0.25, 0.3) is 0 Å². The van der Waals surface area contributed by atoms with E-state index in [1.54, 1.807) is 11.8 Å². The van der Waals surface area contributed by atoms with Gasteiger partial charge in [-0.3, -0.25) is 9.69 Å². The molecule has 1 N–H and O–H groups in total. The summed E-state index contributed by atoms with van der Waals surface area (Å²) in [4.78, 5) is 13.9. The molecule has 1 aliphatic heterocycles. The van der Waals surface area contributed by atoms with E-state index in [-0.39, 0.29) is 5.91 Å². The Bertz CT molecular complexity index is 231. The maximum absolute atomic E-state index is 11.5. The highest BCUT2D eigenvalue weighted by Crippen LogP contribution is 2.12. The lowest BCUT2D eigenvalue weighted by atomic mass is 10.0. The first-order valence-corrected chi connectivity index (χ1v) is 7.62. The van der Waals surface area contributed by atoms with Crippen molar-refractivity contribution in [1.29, 1.82) is 0 Å². The van der Waals surface area contributed by atoms with E-state index in [2.05, 4.69) is 24.1 Å². The summed E-state index contributed by atoms with van der Waals surface area (Å²) in [5.41, 5.74) is 0. The number of ether oxygens (including phenoxy) is 1. The van der Waals surface area contributed by atoms with Crippen LogP contribution >= 0.6 is 11.8 Å². The summed E-state index contributed by atoms with van der Waals surface area (Å²) in [5.74, 6) is 1.23. The van der Waals surface area contributed by atoms with Crippen LogP contribution in [0.25, 0.3) is 0 Å². The van der Waals surface area contributed by atoms with E-state index in [0.29, 0.717) is 17.7 Å². The molecule has 0 aromatic rings. The van der Waals surface area contributed by atoms with Gasteiger partial charge in [0.05, 0.1) is 19.0 Å². The standard InChI is InChI=1S/C12H24N2O2S/c1-10(2)11(8-13-12(15)9-17-3)14-4-6-16-7-5-14/h10-11H,4-9H2,1-3H3,(H,13,15). The molecule has 17 heavy (non-hydrogen) atoms. The van der Waals surface area contributed by atoms with E-state index < -0.39 is 0 Å². The molecule has 1 atom stereocenters. The number of nitrogens with zero attached hydrogens (tertiary/aromatic N) is 1.